The van der Waals surface area contributed by atoms with Crippen molar-refractivity contribution in [1.82, 2.24) is 0 Å². The largest absolute Gasteiger partial charge is 0.294 e. The van der Waals surface area contributed by atoms with Crippen LogP contribution in [0, 0.1) is 0 Å². The van der Waals surface area contributed by atoms with Gasteiger partial charge >= 0.3 is 0 Å². The molecule has 0 fully saturated rings. The molecule has 0 aromatic heterocycles. The van der Waals surface area contributed by atoms with Gasteiger partial charge in [0.15, 0.2) is 15.6 Å². The Labute approximate surface area is 99.0 Å². The van der Waals surface area contributed by atoms with Crippen LogP contribution in [0.5, 0.6) is 0 Å². The van der Waals surface area contributed by atoms with E-state index < -0.39 is 9.84 Å². The lowest BCUT2D eigenvalue weighted by atomic mass is 10.00. The van der Waals surface area contributed by atoms with Gasteiger partial charge in [0, 0.05) is 12.0 Å². The van der Waals surface area contributed by atoms with Crippen LogP contribution in [-0.4, -0.2) is 20.0 Å². The third-order valence-electron chi connectivity index (χ3n) is 3.10. The highest BCUT2D eigenvalue weighted by Gasteiger charge is 2.30. The highest BCUT2D eigenvalue weighted by molar-refractivity contribution is 7.91. The van der Waals surface area contributed by atoms with Gasteiger partial charge in [-0.05, 0) is 16.8 Å². The Balaban J connectivity index is 2.50. The Kier molecular flexibility index (Phi) is 2.10. The van der Waals surface area contributed by atoms with Crippen LogP contribution in [0.2, 0.25) is 0 Å². The lowest BCUT2D eigenvalue weighted by Gasteiger charge is -2.17. The smallest absolute Gasteiger partial charge is 0.179 e. The third-order valence-corrected chi connectivity index (χ3v) is 4.85. The first-order valence-corrected chi connectivity index (χ1v) is 7.02. The molecule has 2 aromatic carbocycles. The average molecular weight is 246 g/mol. The molecule has 0 radical (unpaired) electrons. The van der Waals surface area contributed by atoms with Gasteiger partial charge in [-0.25, -0.2) is 8.42 Å². The van der Waals surface area contributed by atoms with Crippen LogP contribution in [-0.2, 0) is 9.84 Å². The molecule has 0 amide bonds. The first-order chi connectivity index (χ1) is 8.09. The molecule has 17 heavy (non-hydrogen) atoms. The zero-order chi connectivity index (χ0) is 12.0. The summed E-state index contributed by atoms with van der Waals surface area (Å²) < 4.78 is 23.8. The van der Waals surface area contributed by atoms with E-state index in [0.29, 0.717) is 5.56 Å². The van der Waals surface area contributed by atoms with Gasteiger partial charge in [-0.3, -0.25) is 4.79 Å². The second-order valence-corrected chi connectivity index (χ2v) is 6.23. The molecule has 2 aromatic rings. The van der Waals surface area contributed by atoms with E-state index in [1.54, 1.807) is 18.2 Å². The van der Waals surface area contributed by atoms with Crippen molar-refractivity contribution in [2.75, 3.05) is 5.75 Å². The summed E-state index contributed by atoms with van der Waals surface area (Å²) in [5, 5.41) is 1.63. The lowest BCUT2D eigenvalue weighted by Crippen LogP contribution is -2.21. The van der Waals surface area contributed by atoms with Gasteiger partial charge in [-0.15, -0.1) is 0 Å². The van der Waals surface area contributed by atoms with Crippen molar-refractivity contribution in [3.63, 3.8) is 0 Å². The van der Waals surface area contributed by atoms with Gasteiger partial charge in [-0.1, -0.05) is 30.3 Å². The fraction of sp³-hybridized carbons (Fsp3) is 0.154. The van der Waals surface area contributed by atoms with Gasteiger partial charge in [-0.2, -0.15) is 0 Å². The highest BCUT2D eigenvalue weighted by atomic mass is 32.2. The standard InChI is InChI=1S/C13H10O3S/c14-11-7-8-17(15,16)12-6-5-9-3-1-2-4-10(9)13(11)12/h1-6H,7-8H2. The van der Waals surface area contributed by atoms with Crippen LogP contribution in [0.3, 0.4) is 0 Å². The Morgan fingerprint density at radius 2 is 1.76 bits per heavy atom. The van der Waals surface area contributed by atoms with Gasteiger partial charge in [0.05, 0.1) is 10.6 Å². The zero-order valence-electron chi connectivity index (χ0n) is 9.01. The molecular formula is C13H10O3S. The predicted molar refractivity (Wildman–Crippen MR) is 64.9 cm³/mol. The second-order valence-electron chi connectivity index (χ2n) is 4.15. The van der Waals surface area contributed by atoms with E-state index >= 15 is 0 Å². The maximum atomic E-state index is 11.9. The quantitative estimate of drug-likeness (QED) is 0.716. The van der Waals surface area contributed by atoms with Crippen LogP contribution in [0.4, 0.5) is 0 Å². The minimum absolute atomic E-state index is 0.0722. The van der Waals surface area contributed by atoms with E-state index in [9.17, 15) is 13.2 Å². The number of sulfone groups is 1. The lowest BCUT2D eigenvalue weighted by molar-refractivity contribution is 0.0984. The van der Waals surface area contributed by atoms with Gasteiger partial charge in [0.1, 0.15) is 0 Å². The number of carbonyl (C=O) groups is 1. The summed E-state index contributed by atoms with van der Waals surface area (Å²) in [7, 11) is -3.29. The van der Waals surface area contributed by atoms with Gasteiger partial charge in [0.2, 0.25) is 0 Å². The van der Waals surface area contributed by atoms with Crippen molar-refractivity contribution in [1.29, 1.82) is 0 Å². The minimum atomic E-state index is -3.29. The van der Waals surface area contributed by atoms with E-state index in [1.165, 1.54) is 0 Å². The van der Waals surface area contributed by atoms with E-state index in [4.69, 9.17) is 0 Å². The number of carbonyl (C=O) groups excluding carboxylic acids is 1. The Hall–Kier alpha value is -1.68. The fourth-order valence-corrected chi connectivity index (χ4v) is 3.74. The van der Waals surface area contributed by atoms with Crippen LogP contribution < -0.4 is 0 Å². The Morgan fingerprint density at radius 1 is 1.00 bits per heavy atom. The monoisotopic (exact) mass is 246 g/mol. The number of rotatable bonds is 0. The molecule has 3 nitrogen and oxygen atoms in total. The number of Topliss-reactive ketones (excluding diaryl/α,β-unsaturated/α-hetero) is 1. The second kappa shape index (κ2) is 3.40. The Bertz CT molecular complexity index is 729. The summed E-state index contributed by atoms with van der Waals surface area (Å²) in [6, 6.07) is 10.7. The predicted octanol–water partition coefficient (Wildman–Crippen LogP) is 2.20. The maximum Gasteiger partial charge on any atom is 0.179 e. The van der Waals surface area contributed by atoms with E-state index in [1.807, 2.05) is 18.2 Å². The third kappa shape index (κ3) is 1.48. The molecule has 0 atom stereocenters. The summed E-state index contributed by atoms with van der Waals surface area (Å²) in [5.74, 6) is -0.149. The van der Waals surface area contributed by atoms with E-state index in [-0.39, 0.29) is 22.9 Å². The number of ketones is 1. The first-order valence-electron chi connectivity index (χ1n) is 5.37. The van der Waals surface area contributed by atoms with Crippen molar-refractivity contribution in [2.45, 2.75) is 11.3 Å². The summed E-state index contributed by atoms with van der Waals surface area (Å²) in [6.07, 6.45) is 0.0866. The summed E-state index contributed by atoms with van der Waals surface area (Å²) >= 11 is 0. The Morgan fingerprint density at radius 3 is 2.59 bits per heavy atom. The molecule has 3 rings (SSSR count). The number of hydrogen-bond acceptors (Lipinski definition) is 3. The maximum absolute atomic E-state index is 11.9. The molecule has 0 spiro atoms. The molecule has 0 saturated carbocycles. The highest BCUT2D eigenvalue weighted by Crippen LogP contribution is 2.31. The normalized spacial score (nSPS) is 18.0. The molecule has 1 heterocycles. The van der Waals surface area contributed by atoms with Crippen molar-refractivity contribution in [2.24, 2.45) is 0 Å². The number of fused-ring (bicyclic) bond motifs is 3. The van der Waals surface area contributed by atoms with Crippen molar-refractivity contribution < 1.29 is 13.2 Å². The van der Waals surface area contributed by atoms with Gasteiger partial charge < -0.3 is 0 Å². The van der Waals surface area contributed by atoms with Crippen LogP contribution in [0.15, 0.2) is 41.3 Å². The molecule has 0 N–H and O–H groups in total. The summed E-state index contributed by atoms with van der Waals surface area (Å²) in [6.45, 7) is 0. The SMILES string of the molecule is O=C1CCS(=O)(=O)c2ccc3ccccc3c21. The number of benzene rings is 2. The molecule has 86 valence electrons. The van der Waals surface area contributed by atoms with E-state index in [2.05, 4.69) is 0 Å². The van der Waals surface area contributed by atoms with Crippen LogP contribution in [0.25, 0.3) is 10.8 Å². The number of hydrogen-bond donors (Lipinski definition) is 0. The van der Waals surface area contributed by atoms with Crippen LogP contribution >= 0.6 is 0 Å². The van der Waals surface area contributed by atoms with Crippen molar-refractivity contribution >= 4 is 26.4 Å². The average Bonchev–Trinajstić information content (AvgIpc) is 2.33. The molecule has 0 unspecified atom stereocenters. The summed E-state index contributed by atoms with van der Waals surface area (Å²) in [5.41, 5.74) is 0.370. The fourth-order valence-electron chi connectivity index (χ4n) is 2.26. The molecule has 4 heteroatoms. The molecule has 0 aliphatic carbocycles. The molecule has 0 bridgehead atoms. The minimum Gasteiger partial charge on any atom is -0.294 e. The molecule has 1 aliphatic heterocycles. The van der Waals surface area contributed by atoms with Crippen molar-refractivity contribution in [3.8, 4) is 0 Å². The molecular weight excluding hydrogens is 236 g/mol. The first kappa shape index (κ1) is 10.5. The van der Waals surface area contributed by atoms with Crippen molar-refractivity contribution in [3.05, 3.63) is 42.0 Å². The summed E-state index contributed by atoms with van der Waals surface area (Å²) in [4.78, 5) is 12.1. The zero-order valence-corrected chi connectivity index (χ0v) is 9.83. The van der Waals surface area contributed by atoms with Crippen LogP contribution in [0.1, 0.15) is 16.8 Å². The van der Waals surface area contributed by atoms with Gasteiger partial charge in [0.25, 0.3) is 0 Å². The molecule has 0 saturated heterocycles. The van der Waals surface area contributed by atoms with E-state index in [0.717, 1.165) is 10.8 Å². The molecule has 1 aliphatic rings. The topological polar surface area (TPSA) is 51.2 Å².